The fraction of sp³-hybridized carbons (Fsp3) is 0.583. The first-order valence-corrected chi connectivity index (χ1v) is 5.89. The van der Waals surface area contributed by atoms with Crippen molar-refractivity contribution in [1.82, 2.24) is 14.9 Å². The molecule has 0 aromatic carbocycles. The van der Waals surface area contributed by atoms with Gasteiger partial charge < -0.3 is 10.0 Å². The standard InChI is InChI=1S/C12H17N3O2/c1-9-13-5-4-11(14-9)10-3-2-6-15(7-10)12(17)8-16/h4-5,10,16H,2-3,6-8H2,1H3. The van der Waals surface area contributed by atoms with Crippen molar-refractivity contribution in [2.24, 2.45) is 0 Å². The van der Waals surface area contributed by atoms with Crippen molar-refractivity contribution >= 4 is 5.91 Å². The molecule has 5 heteroatoms. The maximum atomic E-state index is 11.5. The second-order valence-corrected chi connectivity index (χ2v) is 4.37. The first kappa shape index (κ1) is 12.0. The van der Waals surface area contributed by atoms with Crippen LogP contribution >= 0.6 is 0 Å². The van der Waals surface area contributed by atoms with Gasteiger partial charge in [0.1, 0.15) is 12.4 Å². The number of amides is 1. The fourth-order valence-corrected chi connectivity index (χ4v) is 2.25. The minimum atomic E-state index is -0.407. The number of aliphatic hydroxyl groups is 1. The van der Waals surface area contributed by atoms with Gasteiger partial charge in [-0.05, 0) is 25.8 Å². The molecule has 1 aromatic heterocycles. The van der Waals surface area contributed by atoms with Crippen LogP contribution in [-0.4, -0.2) is 45.6 Å². The van der Waals surface area contributed by atoms with Crippen molar-refractivity contribution in [3.8, 4) is 0 Å². The topological polar surface area (TPSA) is 66.3 Å². The number of carbonyl (C=O) groups is 1. The van der Waals surface area contributed by atoms with Crippen molar-refractivity contribution in [3.63, 3.8) is 0 Å². The summed E-state index contributed by atoms with van der Waals surface area (Å²) in [5.41, 5.74) is 0.993. The van der Waals surface area contributed by atoms with Crippen molar-refractivity contribution < 1.29 is 9.90 Å². The minimum Gasteiger partial charge on any atom is -0.387 e. The summed E-state index contributed by atoms with van der Waals surface area (Å²) in [6.45, 7) is 2.84. The van der Waals surface area contributed by atoms with Crippen LogP contribution in [0.2, 0.25) is 0 Å². The van der Waals surface area contributed by atoms with Crippen LogP contribution in [0.25, 0.3) is 0 Å². The minimum absolute atomic E-state index is 0.194. The highest BCUT2D eigenvalue weighted by atomic mass is 16.3. The summed E-state index contributed by atoms with van der Waals surface area (Å²) in [6.07, 6.45) is 3.75. The summed E-state index contributed by atoms with van der Waals surface area (Å²) in [6, 6.07) is 1.91. The van der Waals surface area contributed by atoms with E-state index in [-0.39, 0.29) is 11.8 Å². The number of aryl methyl sites for hydroxylation is 1. The SMILES string of the molecule is Cc1nccc(C2CCCN(C(=O)CO)C2)n1. The number of hydrogen-bond acceptors (Lipinski definition) is 4. The van der Waals surface area contributed by atoms with Gasteiger partial charge in [-0.1, -0.05) is 0 Å². The average Bonchev–Trinajstić information content (AvgIpc) is 2.38. The van der Waals surface area contributed by atoms with E-state index in [9.17, 15) is 4.79 Å². The molecule has 5 nitrogen and oxygen atoms in total. The van der Waals surface area contributed by atoms with Gasteiger partial charge in [0.15, 0.2) is 0 Å². The number of likely N-dealkylation sites (tertiary alicyclic amines) is 1. The van der Waals surface area contributed by atoms with E-state index < -0.39 is 6.61 Å². The molecular formula is C12H17N3O2. The summed E-state index contributed by atoms with van der Waals surface area (Å²) < 4.78 is 0. The van der Waals surface area contributed by atoms with Crippen molar-refractivity contribution in [2.45, 2.75) is 25.7 Å². The summed E-state index contributed by atoms with van der Waals surface area (Å²) in [4.78, 5) is 21.6. The molecule has 1 unspecified atom stereocenters. The van der Waals surface area contributed by atoms with Crippen LogP contribution in [0.3, 0.4) is 0 Å². The number of carbonyl (C=O) groups excluding carboxylic acids is 1. The number of aliphatic hydroxyl groups excluding tert-OH is 1. The summed E-state index contributed by atoms with van der Waals surface area (Å²) in [5.74, 6) is 0.828. The number of rotatable bonds is 2. The summed E-state index contributed by atoms with van der Waals surface area (Å²) in [5, 5.41) is 8.87. The Morgan fingerprint density at radius 1 is 1.65 bits per heavy atom. The fourth-order valence-electron chi connectivity index (χ4n) is 2.25. The molecule has 2 rings (SSSR count). The van der Waals surface area contributed by atoms with Crippen LogP contribution in [0.5, 0.6) is 0 Å². The van der Waals surface area contributed by atoms with E-state index in [1.807, 2.05) is 13.0 Å². The van der Waals surface area contributed by atoms with Crippen LogP contribution in [-0.2, 0) is 4.79 Å². The van der Waals surface area contributed by atoms with E-state index in [2.05, 4.69) is 9.97 Å². The molecular weight excluding hydrogens is 218 g/mol. The van der Waals surface area contributed by atoms with Crippen molar-refractivity contribution in [1.29, 1.82) is 0 Å². The van der Waals surface area contributed by atoms with Gasteiger partial charge >= 0.3 is 0 Å². The number of nitrogens with zero attached hydrogens (tertiary/aromatic N) is 3. The second kappa shape index (κ2) is 5.23. The van der Waals surface area contributed by atoms with E-state index in [0.29, 0.717) is 6.54 Å². The van der Waals surface area contributed by atoms with E-state index in [1.165, 1.54) is 0 Å². The number of hydrogen-bond donors (Lipinski definition) is 1. The van der Waals surface area contributed by atoms with Gasteiger partial charge in [-0.2, -0.15) is 0 Å². The van der Waals surface area contributed by atoms with Crippen LogP contribution < -0.4 is 0 Å². The van der Waals surface area contributed by atoms with Crippen molar-refractivity contribution in [3.05, 3.63) is 23.8 Å². The molecule has 0 aliphatic carbocycles. The largest absolute Gasteiger partial charge is 0.387 e. The zero-order chi connectivity index (χ0) is 12.3. The molecule has 2 heterocycles. The third-order valence-electron chi connectivity index (χ3n) is 3.13. The van der Waals surface area contributed by atoms with Crippen LogP contribution in [0, 0.1) is 6.92 Å². The molecule has 1 aromatic rings. The zero-order valence-electron chi connectivity index (χ0n) is 9.96. The molecule has 0 radical (unpaired) electrons. The monoisotopic (exact) mass is 235 g/mol. The Hall–Kier alpha value is -1.49. The van der Waals surface area contributed by atoms with E-state index >= 15 is 0 Å². The van der Waals surface area contributed by atoms with Crippen LogP contribution in [0.4, 0.5) is 0 Å². The Balaban J connectivity index is 2.09. The average molecular weight is 235 g/mol. The van der Waals surface area contributed by atoms with Gasteiger partial charge in [-0.15, -0.1) is 0 Å². The molecule has 1 saturated heterocycles. The zero-order valence-corrected chi connectivity index (χ0v) is 9.96. The van der Waals surface area contributed by atoms with Crippen LogP contribution in [0.1, 0.15) is 30.3 Å². The normalized spacial score (nSPS) is 20.4. The Morgan fingerprint density at radius 2 is 2.47 bits per heavy atom. The summed E-state index contributed by atoms with van der Waals surface area (Å²) >= 11 is 0. The maximum Gasteiger partial charge on any atom is 0.248 e. The molecule has 1 fully saturated rings. The van der Waals surface area contributed by atoms with Gasteiger partial charge in [0.25, 0.3) is 0 Å². The predicted octanol–water partition coefficient (Wildman–Crippen LogP) is 0.483. The number of aromatic nitrogens is 2. The molecule has 1 amide bonds. The van der Waals surface area contributed by atoms with E-state index in [1.54, 1.807) is 11.1 Å². The van der Waals surface area contributed by atoms with Gasteiger partial charge in [0.2, 0.25) is 5.91 Å². The Bertz CT molecular complexity index is 408. The lowest BCUT2D eigenvalue weighted by atomic mass is 9.94. The lowest BCUT2D eigenvalue weighted by molar-refractivity contribution is -0.135. The molecule has 0 spiro atoms. The molecule has 0 bridgehead atoms. The Labute approximate surface area is 100 Å². The highest BCUT2D eigenvalue weighted by molar-refractivity contribution is 5.77. The molecule has 1 aliphatic rings. The molecule has 1 N–H and O–H groups in total. The molecule has 1 atom stereocenters. The summed E-state index contributed by atoms with van der Waals surface area (Å²) in [7, 11) is 0. The van der Waals surface area contributed by atoms with Gasteiger partial charge in [-0.3, -0.25) is 4.79 Å². The Morgan fingerprint density at radius 3 is 3.18 bits per heavy atom. The smallest absolute Gasteiger partial charge is 0.248 e. The highest BCUT2D eigenvalue weighted by Crippen LogP contribution is 2.25. The van der Waals surface area contributed by atoms with Crippen LogP contribution in [0.15, 0.2) is 12.3 Å². The lowest BCUT2D eigenvalue weighted by Crippen LogP contribution is -2.40. The third-order valence-corrected chi connectivity index (χ3v) is 3.13. The molecule has 0 saturated carbocycles. The quantitative estimate of drug-likeness (QED) is 0.810. The van der Waals surface area contributed by atoms with Gasteiger partial charge in [-0.25, -0.2) is 9.97 Å². The first-order valence-electron chi connectivity index (χ1n) is 5.89. The second-order valence-electron chi connectivity index (χ2n) is 4.37. The maximum absolute atomic E-state index is 11.5. The molecule has 92 valence electrons. The lowest BCUT2D eigenvalue weighted by Gasteiger charge is -2.32. The van der Waals surface area contributed by atoms with Gasteiger partial charge in [0.05, 0.1) is 0 Å². The van der Waals surface area contributed by atoms with Gasteiger partial charge in [0, 0.05) is 30.9 Å². The Kier molecular flexibility index (Phi) is 3.68. The molecule has 1 aliphatic heterocycles. The van der Waals surface area contributed by atoms with Crippen molar-refractivity contribution in [2.75, 3.05) is 19.7 Å². The highest BCUT2D eigenvalue weighted by Gasteiger charge is 2.25. The third kappa shape index (κ3) is 2.79. The van der Waals surface area contributed by atoms with E-state index in [0.717, 1.165) is 30.9 Å². The van der Waals surface area contributed by atoms with E-state index in [4.69, 9.17) is 5.11 Å². The first-order chi connectivity index (χ1) is 8.20. The predicted molar refractivity (Wildman–Crippen MR) is 62.4 cm³/mol. The number of piperidine rings is 1. The molecule has 17 heavy (non-hydrogen) atoms.